The molecule has 108 valence electrons. The Morgan fingerprint density at radius 2 is 1.95 bits per heavy atom. The molecule has 0 aliphatic heterocycles. The van der Waals surface area contributed by atoms with Crippen LogP contribution in [0.5, 0.6) is 0 Å². The van der Waals surface area contributed by atoms with Crippen LogP contribution in [0.15, 0.2) is 4.34 Å². The zero-order valence-electron chi connectivity index (χ0n) is 11.3. The average Bonchev–Trinajstić information content (AvgIpc) is 2.74. The van der Waals surface area contributed by atoms with Crippen molar-refractivity contribution >= 4 is 32.4 Å². The Kier molecular flexibility index (Phi) is 4.99. The largest absolute Gasteiger partial charge is 0.300 e. The molecule has 1 aromatic heterocycles. The third-order valence-electron chi connectivity index (χ3n) is 2.08. The van der Waals surface area contributed by atoms with Crippen molar-refractivity contribution in [3.05, 3.63) is 0 Å². The summed E-state index contributed by atoms with van der Waals surface area (Å²) in [5.41, 5.74) is -0.578. The van der Waals surface area contributed by atoms with E-state index in [0.717, 1.165) is 11.3 Å². The average molecular weight is 306 g/mol. The van der Waals surface area contributed by atoms with Crippen molar-refractivity contribution in [3.8, 4) is 0 Å². The van der Waals surface area contributed by atoms with E-state index < -0.39 is 15.4 Å². The van der Waals surface area contributed by atoms with E-state index in [1.54, 1.807) is 20.8 Å². The molecule has 1 amide bonds. The summed E-state index contributed by atoms with van der Waals surface area (Å²) in [5, 5.41) is 9.96. The summed E-state index contributed by atoms with van der Waals surface area (Å²) in [4.78, 5) is 11.7. The van der Waals surface area contributed by atoms with E-state index in [0.29, 0.717) is 13.0 Å². The highest BCUT2D eigenvalue weighted by Crippen LogP contribution is 2.22. The first kappa shape index (κ1) is 16.0. The molecule has 9 heteroatoms. The quantitative estimate of drug-likeness (QED) is 0.796. The first-order chi connectivity index (χ1) is 8.66. The molecule has 0 radical (unpaired) electrons. The minimum Gasteiger partial charge on any atom is -0.300 e. The number of nitrogens with one attached hydrogen (secondary N) is 2. The summed E-state index contributed by atoms with van der Waals surface area (Å²) in [5.74, 6) is -0.242. The van der Waals surface area contributed by atoms with E-state index in [4.69, 9.17) is 0 Å². The Hall–Kier alpha value is -1.06. The SMILES string of the molecule is CCCNS(=O)(=O)c1nnc(NC(=O)C(C)(C)C)s1. The summed E-state index contributed by atoms with van der Waals surface area (Å²) in [6.07, 6.45) is 0.686. The predicted molar refractivity (Wildman–Crippen MR) is 73.5 cm³/mol. The summed E-state index contributed by atoms with van der Waals surface area (Å²) >= 11 is 0.830. The van der Waals surface area contributed by atoms with Gasteiger partial charge in [-0.05, 0) is 6.42 Å². The van der Waals surface area contributed by atoms with Gasteiger partial charge in [0.25, 0.3) is 10.0 Å². The van der Waals surface area contributed by atoms with Gasteiger partial charge >= 0.3 is 0 Å². The summed E-state index contributed by atoms with van der Waals surface area (Å²) in [6, 6.07) is 0. The molecule has 0 spiro atoms. The maximum absolute atomic E-state index is 11.8. The van der Waals surface area contributed by atoms with E-state index in [1.165, 1.54) is 0 Å². The van der Waals surface area contributed by atoms with Crippen LogP contribution in [0.3, 0.4) is 0 Å². The van der Waals surface area contributed by atoms with Gasteiger partial charge in [-0.3, -0.25) is 4.79 Å². The fourth-order valence-electron chi connectivity index (χ4n) is 0.952. The number of hydrogen-bond acceptors (Lipinski definition) is 6. The monoisotopic (exact) mass is 306 g/mol. The van der Waals surface area contributed by atoms with Crippen LogP contribution in [0.25, 0.3) is 0 Å². The van der Waals surface area contributed by atoms with Crippen molar-refractivity contribution in [3.63, 3.8) is 0 Å². The lowest BCUT2D eigenvalue weighted by Crippen LogP contribution is -2.27. The van der Waals surface area contributed by atoms with Crippen LogP contribution < -0.4 is 10.0 Å². The number of rotatable bonds is 5. The van der Waals surface area contributed by atoms with Crippen LogP contribution in [0.4, 0.5) is 5.13 Å². The second-order valence-corrected chi connectivity index (χ2v) is 7.89. The zero-order chi connectivity index (χ0) is 14.7. The number of carbonyl (C=O) groups is 1. The highest BCUT2D eigenvalue weighted by molar-refractivity contribution is 7.91. The first-order valence-corrected chi connectivity index (χ1v) is 8.11. The molecule has 0 aliphatic rings. The predicted octanol–water partition coefficient (Wildman–Crippen LogP) is 1.21. The lowest BCUT2D eigenvalue weighted by atomic mass is 9.96. The number of anilines is 1. The van der Waals surface area contributed by atoms with Crippen LogP contribution in [0, 0.1) is 5.41 Å². The van der Waals surface area contributed by atoms with Gasteiger partial charge in [-0.25, -0.2) is 13.1 Å². The van der Waals surface area contributed by atoms with Gasteiger partial charge in [0.1, 0.15) is 0 Å². The Morgan fingerprint density at radius 3 is 2.47 bits per heavy atom. The Morgan fingerprint density at radius 1 is 1.32 bits per heavy atom. The molecule has 0 aromatic carbocycles. The van der Waals surface area contributed by atoms with Gasteiger partial charge in [-0.15, -0.1) is 10.2 Å². The normalized spacial score (nSPS) is 12.4. The Balaban J connectivity index is 2.81. The van der Waals surface area contributed by atoms with Gasteiger partial charge in [-0.2, -0.15) is 0 Å². The molecule has 0 aliphatic carbocycles. The molecular formula is C10H18N4O3S2. The summed E-state index contributed by atoms with van der Waals surface area (Å²) in [7, 11) is -3.63. The molecule has 19 heavy (non-hydrogen) atoms. The van der Waals surface area contributed by atoms with Gasteiger partial charge in [0.15, 0.2) is 0 Å². The topological polar surface area (TPSA) is 101 Å². The third-order valence-corrected chi connectivity index (χ3v) is 4.75. The first-order valence-electron chi connectivity index (χ1n) is 5.81. The lowest BCUT2D eigenvalue weighted by molar-refractivity contribution is -0.123. The molecule has 1 heterocycles. The fraction of sp³-hybridized carbons (Fsp3) is 0.700. The van der Waals surface area contributed by atoms with Crippen LogP contribution >= 0.6 is 11.3 Å². The number of carbonyl (C=O) groups excluding carboxylic acids is 1. The highest BCUT2D eigenvalue weighted by Gasteiger charge is 2.24. The number of aromatic nitrogens is 2. The molecule has 1 rings (SSSR count). The van der Waals surface area contributed by atoms with Crippen molar-refractivity contribution in [1.82, 2.24) is 14.9 Å². The molecule has 7 nitrogen and oxygen atoms in total. The summed E-state index contributed by atoms with van der Waals surface area (Å²) < 4.78 is 25.8. The van der Waals surface area contributed by atoms with E-state index in [-0.39, 0.29) is 15.4 Å². The minimum absolute atomic E-state index is 0.148. The van der Waals surface area contributed by atoms with Crippen molar-refractivity contribution in [1.29, 1.82) is 0 Å². The molecule has 0 unspecified atom stereocenters. The number of nitrogens with zero attached hydrogens (tertiary/aromatic N) is 2. The minimum atomic E-state index is -3.63. The van der Waals surface area contributed by atoms with E-state index in [9.17, 15) is 13.2 Å². The van der Waals surface area contributed by atoms with Crippen molar-refractivity contribution in [2.45, 2.75) is 38.5 Å². The van der Waals surface area contributed by atoms with Crippen LogP contribution in [0.2, 0.25) is 0 Å². The van der Waals surface area contributed by atoms with Gasteiger partial charge in [0, 0.05) is 12.0 Å². The summed E-state index contributed by atoms with van der Waals surface area (Å²) in [6.45, 7) is 7.46. The van der Waals surface area contributed by atoms with Crippen LogP contribution in [0.1, 0.15) is 34.1 Å². The second-order valence-electron chi connectivity index (χ2n) is 4.98. The van der Waals surface area contributed by atoms with Crippen molar-refractivity contribution in [2.75, 3.05) is 11.9 Å². The number of hydrogen-bond donors (Lipinski definition) is 2. The van der Waals surface area contributed by atoms with Crippen molar-refractivity contribution < 1.29 is 13.2 Å². The van der Waals surface area contributed by atoms with E-state index in [1.807, 2.05) is 6.92 Å². The molecule has 0 saturated carbocycles. The van der Waals surface area contributed by atoms with E-state index in [2.05, 4.69) is 20.2 Å². The number of amides is 1. The maximum Gasteiger partial charge on any atom is 0.269 e. The molecule has 0 bridgehead atoms. The molecular weight excluding hydrogens is 288 g/mol. The molecule has 0 saturated heterocycles. The number of sulfonamides is 1. The highest BCUT2D eigenvalue weighted by atomic mass is 32.2. The zero-order valence-corrected chi connectivity index (χ0v) is 13.0. The van der Waals surface area contributed by atoms with Gasteiger partial charge in [0.2, 0.25) is 15.4 Å². The second kappa shape index (κ2) is 5.93. The van der Waals surface area contributed by atoms with Crippen LogP contribution in [-0.2, 0) is 14.8 Å². The fourth-order valence-corrected chi connectivity index (χ4v) is 3.02. The van der Waals surface area contributed by atoms with Gasteiger partial charge < -0.3 is 5.32 Å². The lowest BCUT2D eigenvalue weighted by Gasteiger charge is -2.15. The third kappa shape index (κ3) is 4.51. The Labute approximate surface area is 116 Å². The Bertz CT molecular complexity index is 545. The molecule has 1 aromatic rings. The molecule has 2 N–H and O–H groups in total. The smallest absolute Gasteiger partial charge is 0.269 e. The molecule has 0 atom stereocenters. The van der Waals surface area contributed by atoms with Gasteiger partial charge in [0.05, 0.1) is 0 Å². The van der Waals surface area contributed by atoms with Crippen LogP contribution in [-0.4, -0.2) is 31.1 Å². The van der Waals surface area contributed by atoms with Gasteiger partial charge in [-0.1, -0.05) is 39.0 Å². The standard InChI is InChI=1S/C10H18N4O3S2/c1-5-6-11-19(16,17)9-14-13-8(18-9)12-7(15)10(2,3)4/h11H,5-6H2,1-4H3,(H,12,13,15). The molecule has 0 fully saturated rings. The van der Waals surface area contributed by atoms with E-state index >= 15 is 0 Å². The van der Waals surface area contributed by atoms with Crippen molar-refractivity contribution in [2.24, 2.45) is 5.41 Å². The maximum atomic E-state index is 11.8.